The van der Waals surface area contributed by atoms with Crippen LogP contribution >= 0.6 is 0 Å². The number of rotatable bonds is 4. The fourth-order valence-corrected chi connectivity index (χ4v) is 5.61. The first-order chi connectivity index (χ1) is 13.1. The fraction of sp³-hybridized carbons (Fsp3) is 0.520. The second-order valence-corrected chi connectivity index (χ2v) is 8.74. The van der Waals surface area contributed by atoms with E-state index in [1.54, 1.807) is 18.2 Å². The lowest BCUT2D eigenvalue weighted by Gasteiger charge is -2.42. The van der Waals surface area contributed by atoms with Crippen molar-refractivity contribution in [1.29, 1.82) is 0 Å². The zero-order chi connectivity index (χ0) is 18.8. The van der Waals surface area contributed by atoms with E-state index in [-0.39, 0.29) is 11.6 Å². The van der Waals surface area contributed by atoms with Crippen LogP contribution < -0.4 is 0 Å². The summed E-state index contributed by atoms with van der Waals surface area (Å²) in [7, 11) is 0. The van der Waals surface area contributed by atoms with E-state index in [1.807, 2.05) is 6.07 Å². The highest BCUT2D eigenvalue weighted by molar-refractivity contribution is 5.64. The van der Waals surface area contributed by atoms with Crippen molar-refractivity contribution >= 4 is 0 Å². The fourth-order valence-electron chi connectivity index (χ4n) is 5.61. The molecule has 2 saturated carbocycles. The van der Waals surface area contributed by atoms with Gasteiger partial charge in [0.25, 0.3) is 0 Å². The minimum atomic E-state index is -0.291. The molecule has 4 rings (SSSR count). The molecule has 4 atom stereocenters. The molecule has 2 aliphatic rings. The normalized spacial score (nSPS) is 28.0. The minimum Gasteiger partial charge on any atom is -0.207 e. The van der Waals surface area contributed by atoms with Crippen LogP contribution in [0, 0.1) is 29.4 Å². The van der Waals surface area contributed by atoms with E-state index in [1.165, 1.54) is 63.5 Å². The van der Waals surface area contributed by atoms with E-state index in [2.05, 4.69) is 13.0 Å². The second-order valence-electron chi connectivity index (χ2n) is 8.74. The lowest BCUT2D eigenvalue weighted by Crippen LogP contribution is -2.30. The molecule has 4 unspecified atom stereocenters. The molecule has 2 fully saturated rings. The molecule has 0 aliphatic heterocycles. The molecule has 0 amide bonds. The Morgan fingerprint density at radius 1 is 0.852 bits per heavy atom. The maximum Gasteiger partial charge on any atom is 0.131 e. The summed E-state index contributed by atoms with van der Waals surface area (Å²) < 4.78 is 27.9. The molecule has 0 bridgehead atoms. The Hall–Kier alpha value is -1.70. The summed E-state index contributed by atoms with van der Waals surface area (Å²) >= 11 is 0. The summed E-state index contributed by atoms with van der Waals surface area (Å²) in [6, 6.07) is 11.8. The van der Waals surface area contributed by atoms with E-state index in [0.29, 0.717) is 11.5 Å². The topological polar surface area (TPSA) is 0 Å². The Kier molecular flexibility index (Phi) is 5.61. The molecule has 0 heterocycles. The van der Waals surface area contributed by atoms with Crippen LogP contribution in [-0.2, 0) is 0 Å². The summed E-state index contributed by atoms with van der Waals surface area (Å²) in [4.78, 5) is 0. The van der Waals surface area contributed by atoms with Crippen LogP contribution in [-0.4, -0.2) is 0 Å². The molecule has 2 aliphatic carbocycles. The highest BCUT2D eigenvalue weighted by Gasteiger charge is 2.35. The standard InChI is InChI=1S/C25H30F2/c1-2-3-17-4-5-20-15-21(7-6-19(20)14-17)22-10-13-24(25(27)16-22)18-8-11-23(26)12-9-18/h8-13,16-17,19-21H,2-7,14-15H2,1H3. The summed E-state index contributed by atoms with van der Waals surface area (Å²) in [6.45, 7) is 2.30. The monoisotopic (exact) mass is 368 g/mol. The van der Waals surface area contributed by atoms with Crippen LogP contribution in [0.25, 0.3) is 11.1 Å². The largest absolute Gasteiger partial charge is 0.207 e. The van der Waals surface area contributed by atoms with Crippen LogP contribution in [0.1, 0.15) is 69.8 Å². The van der Waals surface area contributed by atoms with Crippen molar-refractivity contribution in [2.75, 3.05) is 0 Å². The van der Waals surface area contributed by atoms with Gasteiger partial charge in [0.1, 0.15) is 11.6 Å². The van der Waals surface area contributed by atoms with Crippen molar-refractivity contribution in [3.05, 3.63) is 59.7 Å². The number of fused-ring (bicyclic) bond motifs is 1. The molecule has 0 spiro atoms. The third-order valence-corrected chi connectivity index (χ3v) is 7.04. The van der Waals surface area contributed by atoms with Gasteiger partial charge >= 0.3 is 0 Å². The van der Waals surface area contributed by atoms with Gasteiger partial charge in [-0.3, -0.25) is 0 Å². The van der Waals surface area contributed by atoms with Crippen LogP contribution in [0.2, 0.25) is 0 Å². The minimum absolute atomic E-state index is 0.187. The Balaban J connectivity index is 1.45. The van der Waals surface area contributed by atoms with Crippen molar-refractivity contribution in [2.24, 2.45) is 17.8 Å². The second kappa shape index (κ2) is 8.12. The molecule has 0 aromatic heterocycles. The Labute approximate surface area is 162 Å². The quantitative estimate of drug-likeness (QED) is 0.518. The lowest BCUT2D eigenvalue weighted by atomic mass is 9.63. The van der Waals surface area contributed by atoms with Crippen LogP contribution in [0.3, 0.4) is 0 Å². The van der Waals surface area contributed by atoms with Gasteiger partial charge in [-0.1, -0.05) is 50.5 Å². The molecule has 0 radical (unpaired) electrons. The average Bonchev–Trinajstić information content (AvgIpc) is 2.68. The maximum absolute atomic E-state index is 14.8. The van der Waals surface area contributed by atoms with Gasteiger partial charge in [-0.05, 0) is 85.1 Å². The Bertz CT molecular complexity index is 764. The van der Waals surface area contributed by atoms with E-state index in [0.717, 1.165) is 28.9 Å². The van der Waals surface area contributed by atoms with Crippen LogP contribution in [0.4, 0.5) is 8.78 Å². The first-order valence-corrected chi connectivity index (χ1v) is 10.7. The highest BCUT2D eigenvalue weighted by atomic mass is 19.1. The summed E-state index contributed by atoms with van der Waals surface area (Å²) in [5.41, 5.74) is 2.44. The highest BCUT2D eigenvalue weighted by Crippen LogP contribution is 2.48. The Morgan fingerprint density at radius 3 is 2.33 bits per heavy atom. The number of hydrogen-bond acceptors (Lipinski definition) is 0. The molecule has 2 aromatic carbocycles. The summed E-state index contributed by atoms with van der Waals surface area (Å²) in [6.07, 6.45) is 10.6. The molecule has 144 valence electrons. The molecule has 2 heteroatoms. The molecule has 0 N–H and O–H groups in total. The van der Waals surface area contributed by atoms with Crippen molar-refractivity contribution in [2.45, 2.75) is 64.2 Å². The van der Waals surface area contributed by atoms with Crippen LogP contribution in [0.15, 0.2) is 42.5 Å². The average molecular weight is 369 g/mol. The predicted octanol–water partition coefficient (Wildman–Crippen LogP) is 7.73. The van der Waals surface area contributed by atoms with Crippen molar-refractivity contribution in [3.8, 4) is 11.1 Å². The van der Waals surface area contributed by atoms with E-state index < -0.39 is 0 Å². The van der Waals surface area contributed by atoms with E-state index in [9.17, 15) is 8.78 Å². The van der Waals surface area contributed by atoms with Gasteiger partial charge in [-0.25, -0.2) is 8.78 Å². The summed E-state index contributed by atoms with van der Waals surface area (Å²) in [5, 5.41) is 0. The smallest absolute Gasteiger partial charge is 0.131 e. The number of halogens is 2. The molecular weight excluding hydrogens is 338 g/mol. The van der Waals surface area contributed by atoms with Gasteiger partial charge in [0, 0.05) is 5.56 Å². The zero-order valence-corrected chi connectivity index (χ0v) is 16.3. The van der Waals surface area contributed by atoms with Gasteiger partial charge in [-0.15, -0.1) is 0 Å². The first kappa shape index (κ1) is 18.7. The molecule has 27 heavy (non-hydrogen) atoms. The van der Waals surface area contributed by atoms with Crippen molar-refractivity contribution in [3.63, 3.8) is 0 Å². The van der Waals surface area contributed by atoms with Gasteiger partial charge < -0.3 is 0 Å². The SMILES string of the molecule is CCCC1CCC2CC(c3ccc(-c4ccc(F)cc4)c(F)c3)CCC2C1. The van der Waals surface area contributed by atoms with Crippen molar-refractivity contribution < 1.29 is 8.78 Å². The van der Waals surface area contributed by atoms with Gasteiger partial charge in [0.05, 0.1) is 0 Å². The van der Waals surface area contributed by atoms with Gasteiger partial charge in [0.2, 0.25) is 0 Å². The zero-order valence-electron chi connectivity index (χ0n) is 16.3. The van der Waals surface area contributed by atoms with Gasteiger partial charge in [0.15, 0.2) is 0 Å². The third-order valence-electron chi connectivity index (χ3n) is 7.04. The van der Waals surface area contributed by atoms with Gasteiger partial charge in [-0.2, -0.15) is 0 Å². The first-order valence-electron chi connectivity index (χ1n) is 10.7. The van der Waals surface area contributed by atoms with Crippen LogP contribution in [0.5, 0.6) is 0 Å². The predicted molar refractivity (Wildman–Crippen MR) is 108 cm³/mol. The number of hydrogen-bond donors (Lipinski definition) is 0. The maximum atomic E-state index is 14.8. The molecule has 0 saturated heterocycles. The molecule has 0 nitrogen and oxygen atoms in total. The lowest BCUT2D eigenvalue weighted by molar-refractivity contribution is 0.114. The third kappa shape index (κ3) is 4.10. The van der Waals surface area contributed by atoms with E-state index >= 15 is 0 Å². The summed E-state index contributed by atoms with van der Waals surface area (Å²) in [5.74, 6) is 2.69. The molecular formula is C25H30F2. The van der Waals surface area contributed by atoms with Crippen molar-refractivity contribution in [1.82, 2.24) is 0 Å². The Morgan fingerprint density at radius 2 is 1.59 bits per heavy atom. The van der Waals surface area contributed by atoms with E-state index in [4.69, 9.17) is 0 Å². The molecule has 2 aromatic rings. The number of benzene rings is 2.